The number of hydrazone groups is 1. The molecule has 13 rings (SSSR count). The molecule has 10 aromatic heterocycles. The van der Waals surface area contributed by atoms with Gasteiger partial charge in [0, 0.05) is 150 Å². The highest BCUT2D eigenvalue weighted by atomic mass is 16.2. The van der Waals surface area contributed by atoms with Gasteiger partial charge < -0.3 is 28.9 Å². The molecule has 3 aliphatic rings. The second-order valence-electron chi connectivity index (χ2n) is 37.6. The van der Waals surface area contributed by atoms with E-state index in [0.29, 0.717) is 76.9 Å². The summed E-state index contributed by atoms with van der Waals surface area (Å²) in [5.41, 5.74) is 24.9. The van der Waals surface area contributed by atoms with Crippen LogP contribution in [0.3, 0.4) is 0 Å². The van der Waals surface area contributed by atoms with Crippen LogP contribution in [0.15, 0.2) is 276 Å². The highest BCUT2D eigenvalue weighted by molar-refractivity contribution is 5.80. The summed E-state index contributed by atoms with van der Waals surface area (Å²) in [5.74, 6) is 6.30. The molecule has 13 heterocycles. The van der Waals surface area contributed by atoms with Crippen molar-refractivity contribution < 1.29 is 0 Å². The number of rotatable bonds is 14. The molecule has 26 heteroatoms. The summed E-state index contributed by atoms with van der Waals surface area (Å²) in [4.78, 5) is 83.2. The highest BCUT2D eigenvalue weighted by Gasteiger charge is 2.11. The first-order valence-corrected chi connectivity index (χ1v) is 47.4. The summed E-state index contributed by atoms with van der Waals surface area (Å²) < 4.78 is 8.97. The lowest BCUT2D eigenvalue weighted by Gasteiger charge is -2.12. The molecule has 0 radical (unpaired) electrons. The number of nitrogens with one attached hydrogen (secondary N) is 3. The van der Waals surface area contributed by atoms with Crippen LogP contribution in [-0.2, 0) is 41.8 Å². The Morgan fingerprint density at radius 3 is 0.985 bits per heavy atom. The Labute approximate surface area is 818 Å². The standard InChI is InChI=1S/C10H15NO.2C9H13NO.3C9H13N.3C8H12N2O.4C8H12N2/c1-4-11-6-5-9(8(2)3)7-10(11)12;2*1-7(2)8-4-5-10(3)9(11)6-8;3*1-7(2)9-4-5-10-8(3)6-9;1-6(2)7-4-8(11)10(3)5-9-7;2*1-6(2)7-4-8(11)10(3)9-5-7;1-6(2)8-4-7(3)9-5-10-8;3*1-6(2)8-4-7(3)10-9-5-8/h5-8H,4H2,1-3H3;2*4-7H,1-3H3;2*4-7H,1-3H3;4-7,10H,3H2,1-2H3;3*4-6H,1-3H3;4-6H,3H2,1-2H3,(H,9,10);2*4-6H,1-3H3;4-6,10H,3H2,1-2H3. The fourth-order valence-electron chi connectivity index (χ4n) is 11.3. The molecule has 0 bridgehead atoms. The highest BCUT2D eigenvalue weighted by Crippen LogP contribution is 2.21. The number of aryl methyl sites for hydroxylation is 10. The minimum absolute atomic E-state index is 0.00343. The van der Waals surface area contributed by atoms with Crippen molar-refractivity contribution in [3.63, 3.8) is 0 Å². The van der Waals surface area contributed by atoms with Gasteiger partial charge in [-0.2, -0.15) is 35.7 Å². The van der Waals surface area contributed by atoms with Crippen molar-refractivity contribution in [2.24, 2.45) is 63.1 Å². The van der Waals surface area contributed by atoms with E-state index in [1.54, 1.807) is 123 Å². The lowest BCUT2D eigenvalue weighted by atomic mass is 10.0. The van der Waals surface area contributed by atoms with Crippen LogP contribution in [0.1, 0.15) is 325 Å². The van der Waals surface area contributed by atoms with Crippen LogP contribution < -0.4 is 49.4 Å². The number of dihydropyridines is 1. The maximum atomic E-state index is 11.3. The first-order chi connectivity index (χ1) is 64.1. The molecule has 137 heavy (non-hydrogen) atoms. The molecule has 0 fully saturated rings. The second kappa shape index (κ2) is 64.0. The van der Waals surface area contributed by atoms with Crippen LogP contribution in [-0.4, -0.2) is 85.7 Å². The molecule has 0 saturated heterocycles. The van der Waals surface area contributed by atoms with E-state index in [0.717, 1.165) is 85.6 Å². The van der Waals surface area contributed by atoms with Gasteiger partial charge in [-0.25, -0.2) is 19.3 Å². The van der Waals surface area contributed by atoms with Crippen molar-refractivity contribution in [3.05, 3.63) is 378 Å². The molecule has 0 atom stereocenters. The third kappa shape index (κ3) is 50.3. The number of aliphatic imine (C=N–C) groups is 1. The molecule has 0 amide bonds. The first-order valence-electron chi connectivity index (χ1n) is 47.4. The molecule has 10 aromatic rings. The van der Waals surface area contributed by atoms with Gasteiger partial charge in [-0.3, -0.25) is 44.2 Å². The van der Waals surface area contributed by atoms with Gasteiger partial charge in [0.25, 0.3) is 33.4 Å². The van der Waals surface area contributed by atoms with Crippen molar-refractivity contribution >= 4 is 12.6 Å². The predicted octanol–water partition coefficient (Wildman–Crippen LogP) is 22.1. The zero-order valence-electron chi connectivity index (χ0n) is 89.4. The van der Waals surface area contributed by atoms with Crippen LogP contribution in [0.25, 0.3) is 0 Å². The van der Waals surface area contributed by atoms with Gasteiger partial charge in [0.05, 0.1) is 60.7 Å². The summed E-state index contributed by atoms with van der Waals surface area (Å²) in [6.07, 6.45) is 31.4. The van der Waals surface area contributed by atoms with E-state index in [9.17, 15) is 28.8 Å². The van der Waals surface area contributed by atoms with Gasteiger partial charge in [0.15, 0.2) is 0 Å². The Kier molecular flexibility index (Phi) is 56.9. The fraction of sp³-hybridized carbons (Fsp3) is 0.450. The largest absolute Gasteiger partial charge is 0.362 e. The van der Waals surface area contributed by atoms with Crippen molar-refractivity contribution in [3.8, 4) is 0 Å². The van der Waals surface area contributed by atoms with Crippen LogP contribution in [0.2, 0.25) is 0 Å². The van der Waals surface area contributed by atoms with E-state index >= 15 is 0 Å². The number of hydrogen-bond donors (Lipinski definition) is 3. The number of allylic oxidation sites excluding steroid dienone is 7. The number of nitrogens with zero attached hydrogens (tertiary/aromatic N) is 17. The number of hydrogen-bond acceptors (Lipinski definition) is 20. The maximum absolute atomic E-state index is 11.3. The molecule has 744 valence electrons. The van der Waals surface area contributed by atoms with E-state index in [1.807, 2.05) is 150 Å². The van der Waals surface area contributed by atoms with Gasteiger partial charge in [-0.15, -0.1) is 0 Å². The molecular formula is C111H164N20O6. The molecule has 0 unspecified atom stereocenters. The smallest absolute Gasteiger partial charge is 0.266 e. The molecule has 0 saturated carbocycles. The van der Waals surface area contributed by atoms with Crippen LogP contribution >= 0.6 is 0 Å². The fourth-order valence-corrected chi connectivity index (χ4v) is 11.3. The monoisotopic (exact) mass is 1870 g/mol. The number of aromatic nitrogens is 15. The van der Waals surface area contributed by atoms with E-state index in [2.05, 4.69) is 278 Å². The zero-order valence-corrected chi connectivity index (χ0v) is 89.4. The third-order valence-electron chi connectivity index (χ3n) is 21.0. The van der Waals surface area contributed by atoms with E-state index in [-0.39, 0.29) is 33.4 Å². The summed E-state index contributed by atoms with van der Waals surface area (Å²) in [5, 5.41) is 33.1. The molecule has 26 nitrogen and oxygen atoms in total. The van der Waals surface area contributed by atoms with Crippen molar-refractivity contribution in [2.75, 3.05) is 0 Å². The molecule has 0 aliphatic carbocycles. The lowest BCUT2D eigenvalue weighted by Crippen LogP contribution is -2.19. The Bertz CT molecular complexity index is 5260. The molecule has 0 spiro atoms. The Morgan fingerprint density at radius 1 is 0.343 bits per heavy atom. The van der Waals surface area contributed by atoms with Crippen LogP contribution in [0, 0.1) is 45.4 Å². The Morgan fingerprint density at radius 2 is 0.701 bits per heavy atom. The van der Waals surface area contributed by atoms with Gasteiger partial charge in [-0.05, 0) is 252 Å². The summed E-state index contributed by atoms with van der Waals surface area (Å²) >= 11 is 0. The minimum Gasteiger partial charge on any atom is -0.362 e. The SMILES string of the molecule is C=C1C=C(C(C)C)C=CN1.C=C1C=C(C(C)C)C=NN1.C=C1C=C(C(C)C)N=CN1.CC(C)c1cc(=O)n(C)cn1.CC(C)c1ccn(C)c(=O)c1.CC(C)c1ccn(C)c(=O)c1.CC(C)c1cnn(C)c(=O)c1.CC(C)c1cnn(C)c(=O)c1.CCn1ccc(C(C)C)cc1=O.Cc1cc(C(C)C)ccn1.Cc1cc(C(C)C)ccn1.Cc1cc(C(C)C)cnn1.Cc1cc(C(C)C)cnn1. The lowest BCUT2D eigenvalue weighted by molar-refractivity contribution is 0.689. The van der Waals surface area contributed by atoms with Crippen molar-refractivity contribution in [1.29, 1.82) is 0 Å². The quantitative estimate of drug-likeness (QED) is 0.0911. The normalized spacial score (nSPS) is 11.9. The van der Waals surface area contributed by atoms with E-state index in [1.165, 1.54) is 47.3 Å². The second-order valence-corrected chi connectivity index (χ2v) is 37.6. The van der Waals surface area contributed by atoms with Crippen molar-refractivity contribution in [2.45, 2.75) is 280 Å². The summed E-state index contributed by atoms with van der Waals surface area (Å²) in [7, 11) is 8.50. The zero-order chi connectivity index (χ0) is 104. The van der Waals surface area contributed by atoms with Gasteiger partial charge in [0.1, 0.15) is 0 Å². The topological polar surface area (TPSA) is 309 Å². The average molecular weight is 1870 g/mol. The minimum atomic E-state index is -0.0452. The first kappa shape index (κ1) is 122. The van der Waals surface area contributed by atoms with Crippen LogP contribution in [0.4, 0.5) is 0 Å². The van der Waals surface area contributed by atoms with Crippen LogP contribution in [0.5, 0.6) is 0 Å². The van der Waals surface area contributed by atoms with Gasteiger partial charge in [0.2, 0.25) is 0 Å². The maximum Gasteiger partial charge on any atom is 0.266 e. The average Bonchev–Trinajstić information content (AvgIpc) is 0.863. The molecule has 0 aromatic carbocycles. The van der Waals surface area contributed by atoms with Crippen molar-refractivity contribution in [1.82, 2.24) is 89.2 Å². The van der Waals surface area contributed by atoms with Gasteiger partial charge >= 0.3 is 0 Å². The molecule has 3 N–H and O–H groups in total. The summed E-state index contributed by atoms with van der Waals surface area (Å²) in [6.45, 7) is 76.9. The predicted molar refractivity (Wildman–Crippen MR) is 572 cm³/mol. The Balaban J connectivity index is 0.000000742. The molecular weight excluding hydrogens is 1710 g/mol. The Hall–Kier alpha value is -13.1. The molecule has 3 aliphatic heterocycles. The summed E-state index contributed by atoms with van der Waals surface area (Å²) in [6, 6.07) is 28.4. The van der Waals surface area contributed by atoms with Gasteiger partial charge in [-0.1, -0.05) is 200 Å². The third-order valence-corrected chi connectivity index (χ3v) is 21.0. The number of pyridine rings is 5. The van der Waals surface area contributed by atoms with E-state index < -0.39 is 0 Å². The van der Waals surface area contributed by atoms with E-state index in [4.69, 9.17) is 0 Å².